The van der Waals surface area contributed by atoms with E-state index in [1.807, 2.05) is 33.2 Å². The van der Waals surface area contributed by atoms with E-state index in [0.29, 0.717) is 13.2 Å². The second kappa shape index (κ2) is 3.90. The molecule has 0 bridgehead atoms. The summed E-state index contributed by atoms with van der Waals surface area (Å²) >= 11 is 0. The minimum absolute atomic E-state index is 0.0388. The molecule has 5 nitrogen and oxygen atoms in total. The number of carbonyl (C=O) groups excluding carboxylic acids is 1. The lowest BCUT2D eigenvalue weighted by molar-refractivity contribution is -0.158. The van der Waals surface area contributed by atoms with Crippen molar-refractivity contribution in [1.82, 2.24) is 15.1 Å². The van der Waals surface area contributed by atoms with E-state index in [-0.39, 0.29) is 17.4 Å². The molecular formula is C11H17N3O2. The topological polar surface area (TPSA) is 56.1 Å². The summed E-state index contributed by atoms with van der Waals surface area (Å²) in [6.07, 6.45) is 1.87. The molecule has 1 fully saturated rings. The van der Waals surface area contributed by atoms with E-state index in [2.05, 4.69) is 10.4 Å². The minimum atomic E-state index is -0.358. The van der Waals surface area contributed by atoms with Crippen molar-refractivity contribution in [2.24, 2.45) is 12.5 Å². The molecule has 0 aromatic carbocycles. The molecule has 0 radical (unpaired) electrons. The van der Waals surface area contributed by atoms with E-state index in [1.165, 1.54) is 0 Å². The average molecular weight is 223 g/mol. The highest BCUT2D eigenvalue weighted by Crippen LogP contribution is 2.27. The Bertz CT molecular complexity index is 396. The maximum Gasteiger partial charge on any atom is 0.231 e. The molecule has 0 spiro atoms. The van der Waals surface area contributed by atoms with Crippen LogP contribution in [-0.4, -0.2) is 28.9 Å². The first kappa shape index (κ1) is 11.1. The third kappa shape index (κ3) is 1.95. The summed E-state index contributed by atoms with van der Waals surface area (Å²) in [6.45, 7) is 4.86. The first-order chi connectivity index (χ1) is 7.51. The highest BCUT2D eigenvalue weighted by molar-refractivity contribution is 5.83. The molecule has 0 saturated carbocycles. The van der Waals surface area contributed by atoms with Crippen molar-refractivity contribution in [2.75, 3.05) is 13.2 Å². The van der Waals surface area contributed by atoms with E-state index in [4.69, 9.17) is 4.74 Å². The Labute approximate surface area is 94.8 Å². The van der Waals surface area contributed by atoms with Crippen molar-refractivity contribution in [1.29, 1.82) is 0 Å². The normalized spacial score (nSPS) is 19.9. The summed E-state index contributed by atoms with van der Waals surface area (Å²) in [6, 6.07) is 1.84. The lowest BCUT2D eigenvalue weighted by Gasteiger charge is -2.37. The van der Waals surface area contributed by atoms with Crippen LogP contribution in [0.2, 0.25) is 0 Å². The van der Waals surface area contributed by atoms with Gasteiger partial charge >= 0.3 is 0 Å². The maximum atomic E-state index is 11.9. The predicted octanol–water partition coefficient (Wildman–Crippen LogP) is 0.634. The van der Waals surface area contributed by atoms with E-state index in [0.717, 1.165) is 5.69 Å². The number of carbonyl (C=O) groups is 1. The minimum Gasteiger partial charge on any atom is -0.379 e. The van der Waals surface area contributed by atoms with E-state index < -0.39 is 0 Å². The molecule has 1 aliphatic rings. The van der Waals surface area contributed by atoms with Gasteiger partial charge in [0.25, 0.3) is 0 Å². The molecule has 1 N–H and O–H groups in total. The number of amides is 1. The van der Waals surface area contributed by atoms with Crippen molar-refractivity contribution < 1.29 is 9.53 Å². The van der Waals surface area contributed by atoms with Crippen LogP contribution in [0.4, 0.5) is 0 Å². The van der Waals surface area contributed by atoms with Crippen LogP contribution in [0.25, 0.3) is 0 Å². The average Bonchev–Trinajstić information content (AvgIpc) is 2.61. The van der Waals surface area contributed by atoms with Crippen LogP contribution >= 0.6 is 0 Å². The summed E-state index contributed by atoms with van der Waals surface area (Å²) in [5, 5.41) is 7.22. The van der Waals surface area contributed by atoms with Gasteiger partial charge in [0.1, 0.15) is 0 Å². The van der Waals surface area contributed by atoms with Gasteiger partial charge in [0.2, 0.25) is 5.91 Å². The van der Waals surface area contributed by atoms with Crippen LogP contribution in [0.3, 0.4) is 0 Å². The van der Waals surface area contributed by atoms with Gasteiger partial charge in [0.15, 0.2) is 0 Å². The Balaban J connectivity index is 1.97. The summed E-state index contributed by atoms with van der Waals surface area (Å²) in [5.74, 6) is 0.0388. The summed E-state index contributed by atoms with van der Waals surface area (Å²) < 4.78 is 6.80. The van der Waals surface area contributed by atoms with E-state index in [9.17, 15) is 4.79 Å². The van der Waals surface area contributed by atoms with Gasteiger partial charge in [-0.1, -0.05) is 0 Å². The fraction of sp³-hybridized carbons (Fsp3) is 0.636. The van der Waals surface area contributed by atoms with Crippen molar-refractivity contribution >= 4 is 5.91 Å². The number of aryl methyl sites for hydroxylation is 1. The molecule has 16 heavy (non-hydrogen) atoms. The first-order valence-electron chi connectivity index (χ1n) is 5.39. The molecular weight excluding hydrogens is 206 g/mol. The second-order valence-electron chi connectivity index (χ2n) is 4.66. The largest absolute Gasteiger partial charge is 0.379 e. The Morgan fingerprint density at radius 1 is 1.69 bits per heavy atom. The number of nitrogens with one attached hydrogen (secondary N) is 1. The number of hydrogen-bond acceptors (Lipinski definition) is 3. The molecule has 1 amide bonds. The zero-order valence-corrected chi connectivity index (χ0v) is 9.86. The summed E-state index contributed by atoms with van der Waals surface area (Å²) in [7, 11) is 1.86. The number of nitrogens with zero attached hydrogens (tertiary/aromatic N) is 2. The SMILES string of the molecule is CC(NC(=O)C1(C)COC1)c1ccn(C)n1. The molecule has 1 aliphatic heterocycles. The Kier molecular flexibility index (Phi) is 2.71. The predicted molar refractivity (Wildman–Crippen MR) is 58.7 cm³/mol. The molecule has 2 rings (SSSR count). The van der Waals surface area contributed by atoms with Crippen molar-refractivity contribution in [2.45, 2.75) is 19.9 Å². The van der Waals surface area contributed by atoms with Crippen LogP contribution in [0.5, 0.6) is 0 Å². The van der Waals surface area contributed by atoms with Gasteiger partial charge in [-0.05, 0) is 19.9 Å². The smallest absolute Gasteiger partial charge is 0.231 e. The Hall–Kier alpha value is -1.36. The molecule has 1 aromatic heterocycles. The third-order valence-electron chi connectivity index (χ3n) is 2.91. The lowest BCUT2D eigenvalue weighted by Crippen LogP contribution is -2.52. The van der Waals surface area contributed by atoms with Crippen molar-refractivity contribution in [3.05, 3.63) is 18.0 Å². The molecule has 0 aliphatic carbocycles. The first-order valence-corrected chi connectivity index (χ1v) is 5.39. The quantitative estimate of drug-likeness (QED) is 0.818. The molecule has 88 valence electrons. The van der Waals surface area contributed by atoms with Gasteiger partial charge in [-0.25, -0.2) is 0 Å². The fourth-order valence-corrected chi connectivity index (χ4v) is 1.65. The standard InChI is InChI=1S/C11H17N3O2/c1-8(9-4-5-14(3)13-9)12-10(15)11(2)6-16-7-11/h4-5,8H,6-7H2,1-3H3,(H,12,15). The number of hydrogen-bond donors (Lipinski definition) is 1. The summed E-state index contributed by atoms with van der Waals surface area (Å²) in [4.78, 5) is 11.9. The van der Waals surface area contributed by atoms with Crippen molar-refractivity contribution in [3.8, 4) is 0 Å². The van der Waals surface area contributed by atoms with Crippen LogP contribution in [0.1, 0.15) is 25.6 Å². The van der Waals surface area contributed by atoms with E-state index >= 15 is 0 Å². The zero-order chi connectivity index (χ0) is 11.8. The van der Waals surface area contributed by atoms with Gasteiger partial charge < -0.3 is 10.1 Å². The van der Waals surface area contributed by atoms with Gasteiger partial charge in [0.05, 0.1) is 30.4 Å². The molecule has 1 aromatic rings. The molecule has 5 heteroatoms. The Morgan fingerprint density at radius 3 is 2.81 bits per heavy atom. The van der Waals surface area contributed by atoms with Gasteiger partial charge in [0, 0.05) is 13.2 Å². The van der Waals surface area contributed by atoms with Crippen LogP contribution in [0.15, 0.2) is 12.3 Å². The highest BCUT2D eigenvalue weighted by atomic mass is 16.5. The van der Waals surface area contributed by atoms with E-state index in [1.54, 1.807) is 4.68 Å². The van der Waals surface area contributed by atoms with Crippen LogP contribution in [0, 0.1) is 5.41 Å². The summed E-state index contributed by atoms with van der Waals surface area (Å²) in [5.41, 5.74) is 0.517. The lowest BCUT2D eigenvalue weighted by atomic mass is 9.87. The van der Waals surface area contributed by atoms with Gasteiger partial charge in [-0.2, -0.15) is 5.10 Å². The van der Waals surface area contributed by atoms with Crippen LogP contribution < -0.4 is 5.32 Å². The zero-order valence-electron chi connectivity index (χ0n) is 9.86. The second-order valence-corrected chi connectivity index (χ2v) is 4.66. The van der Waals surface area contributed by atoms with Gasteiger partial charge in [-0.15, -0.1) is 0 Å². The van der Waals surface area contributed by atoms with Crippen molar-refractivity contribution in [3.63, 3.8) is 0 Å². The number of rotatable bonds is 3. The fourth-order valence-electron chi connectivity index (χ4n) is 1.65. The van der Waals surface area contributed by atoms with Crippen LogP contribution in [-0.2, 0) is 16.6 Å². The Morgan fingerprint density at radius 2 is 2.38 bits per heavy atom. The highest BCUT2D eigenvalue weighted by Gasteiger charge is 2.41. The number of aromatic nitrogens is 2. The monoisotopic (exact) mass is 223 g/mol. The maximum absolute atomic E-state index is 11.9. The molecule has 1 atom stereocenters. The van der Waals surface area contributed by atoms with Gasteiger partial charge in [-0.3, -0.25) is 9.48 Å². The molecule has 1 saturated heterocycles. The number of ether oxygens (including phenoxy) is 1. The third-order valence-corrected chi connectivity index (χ3v) is 2.91. The molecule has 1 unspecified atom stereocenters. The molecule has 2 heterocycles.